The summed E-state index contributed by atoms with van der Waals surface area (Å²) in [4.78, 5) is 32.5. The van der Waals surface area contributed by atoms with Gasteiger partial charge in [0, 0.05) is 6.04 Å². The minimum absolute atomic E-state index is 0.0192. The summed E-state index contributed by atoms with van der Waals surface area (Å²) >= 11 is 0. The summed E-state index contributed by atoms with van der Waals surface area (Å²) in [6.07, 6.45) is 1.47. The van der Waals surface area contributed by atoms with Crippen molar-refractivity contribution < 1.29 is 24.6 Å². The summed E-state index contributed by atoms with van der Waals surface area (Å²) in [5.74, 6) is -2.18. The Labute approximate surface area is 98.2 Å². The van der Waals surface area contributed by atoms with Crippen LogP contribution in [0.3, 0.4) is 0 Å². The molecule has 0 bridgehead atoms. The number of carboxylic acids is 2. The van der Waals surface area contributed by atoms with E-state index in [1.807, 2.05) is 6.92 Å². The van der Waals surface area contributed by atoms with Gasteiger partial charge in [-0.1, -0.05) is 0 Å². The van der Waals surface area contributed by atoms with Gasteiger partial charge in [-0.25, -0.2) is 9.59 Å². The van der Waals surface area contributed by atoms with Crippen LogP contribution in [0, 0.1) is 5.92 Å². The standard InChI is InChI=1S/C10H16N2O5/c1-5(6-2-3-6)11-10(17)12-7(9(15)16)4-8(13)14/h5-7H,2-4H2,1H3,(H,13,14)(H,15,16)(H2,11,12,17)/t5?,7-/m0/s1. The molecule has 2 amide bonds. The Bertz CT molecular complexity index is 327. The Morgan fingerprint density at radius 2 is 1.82 bits per heavy atom. The highest BCUT2D eigenvalue weighted by Crippen LogP contribution is 2.32. The van der Waals surface area contributed by atoms with Crippen molar-refractivity contribution in [3.05, 3.63) is 0 Å². The lowest BCUT2D eigenvalue weighted by atomic mass is 10.2. The van der Waals surface area contributed by atoms with Gasteiger partial charge in [0.25, 0.3) is 0 Å². The van der Waals surface area contributed by atoms with E-state index in [-0.39, 0.29) is 6.04 Å². The molecular formula is C10H16N2O5. The minimum atomic E-state index is -1.40. The molecule has 0 aliphatic heterocycles. The van der Waals surface area contributed by atoms with Crippen LogP contribution in [-0.2, 0) is 9.59 Å². The number of carbonyl (C=O) groups excluding carboxylic acids is 1. The summed E-state index contributed by atoms with van der Waals surface area (Å²) in [5, 5.41) is 21.9. The van der Waals surface area contributed by atoms with Crippen LogP contribution >= 0.6 is 0 Å². The maximum atomic E-state index is 11.4. The van der Waals surface area contributed by atoms with Crippen molar-refractivity contribution in [3.8, 4) is 0 Å². The molecule has 1 saturated carbocycles. The van der Waals surface area contributed by atoms with E-state index in [0.717, 1.165) is 12.8 Å². The van der Waals surface area contributed by atoms with E-state index in [0.29, 0.717) is 5.92 Å². The number of rotatable bonds is 6. The lowest BCUT2D eigenvalue weighted by molar-refractivity contribution is -0.145. The molecule has 96 valence electrons. The van der Waals surface area contributed by atoms with Crippen molar-refractivity contribution in [2.75, 3.05) is 0 Å². The Morgan fingerprint density at radius 1 is 1.24 bits per heavy atom. The van der Waals surface area contributed by atoms with Crippen LogP contribution in [0.25, 0.3) is 0 Å². The zero-order valence-electron chi connectivity index (χ0n) is 9.47. The van der Waals surface area contributed by atoms with Crippen molar-refractivity contribution in [1.82, 2.24) is 10.6 Å². The van der Waals surface area contributed by atoms with Gasteiger partial charge < -0.3 is 20.8 Å². The summed E-state index contributed by atoms with van der Waals surface area (Å²) < 4.78 is 0. The first kappa shape index (κ1) is 13.3. The molecule has 0 saturated heterocycles. The first-order chi connectivity index (χ1) is 7.90. The molecule has 4 N–H and O–H groups in total. The van der Waals surface area contributed by atoms with Crippen molar-refractivity contribution in [1.29, 1.82) is 0 Å². The second-order valence-corrected chi connectivity index (χ2v) is 4.23. The smallest absolute Gasteiger partial charge is 0.326 e. The molecule has 0 aromatic heterocycles. The number of hydrogen-bond acceptors (Lipinski definition) is 3. The minimum Gasteiger partial charge on any atom is -0.481 e. The van der Waals surface area contributed by atoms with Gasteiger partial charge in [0.1, 0.15) is 6.04 Å². The van der Waals surface area contributed by atoms with Crippen molar-refractivity contribution in [2.24, 2.45) is 5.92 Å². The predicted octanol–water partition coefficient (Wildman–Crippen LogP) is 0.0120. The third kappa shape index (κ3) is 4.71. The fourth-order valence-corrected chi connectivity index (χ4v) is 1.50. The zero-order valence-corrected chi connectivity index (χ0v) is 9.47. The largest absolute Gasteiger partial charge is 0.481 e. The van der Waals surface area contributed by atoms with Crippen molar-refractivity contribution in [2.45, 2.75) is 38.3 Å². The van der Waals surface area contributed by atoms with Crippen LogP contribution in [0.4, 0.5) is 4.79 Å². The first-order valence-corrected chi connectivity index (χ1v) is 5.41. The average molecular weight is 244 g/mol. The van der Waals surface area contributed by atoms with E-state index in [1.54, 1.807) is 0 Å². The number of amides is 2. The maximum Gasteiger partial charge on any atom is 0.326 e. The number of aliphatic carboxylic acids is 2. The third-order valence-corrected chi connectivity index (χ3v) is 2.67. The summed E-state index contributed by atoms with van der Waals surface area (Å²) in [6, 6.07) is -2.06. The molecule has 7 nitrogen and oxygen atoms in total. The molecule has 0 heterocycles. The Morgan fingerprint density at radius 3 is 2.24 bits per heavy atom. The normalized spacial score (nSPS) is 17.9. The summed E-state index contributed by atoms with van der Waals surface area (Å²) in [6.45, 7) is 1.84. The Balaban J connectivity index is 2.39. The zero-order chi connectivity index (χ0) is 13.0. The molecule has 0 radical (unpaired) electrons. The van der Waals surface area contributed by atoms with Crippen LogP contribution < -0.4 is 10.6 Å². The van der Waals surface area contributed by atoms with Crippen molar-refractivity contribution >= 4 is 18.0 Å². The highest BCUT2D eigenvalue weighted by Gasteiger charge is 2.30. The molecule has 2 atom stereocenters. The van der Waals surface area contributed by atoms with Gasteiger partial charge in [-0.05, 0) is 25.7 Å². The van der Waals surface area contributed by atoms with Crippen LogP contribution in [0.2, 0.25) is 0 Å². The molecule has 1 aliphatic carbocycles. The molecule has 1 aliphatic rings. The van der Waals surface area contributed by atoms with E-state index in [2.05, 4.69) is 10.6 Å². The summed E-state index contributed by atoms with van der Waals surface area (Å²) in [7, 11) is 0. The van der Waals surface area contributed by atoms with E-state index in [1.165, 1.54) is 0 Å². The molecule has 1 rings (SSSR count). The second kappa shape index (κ2) is 5.51. The third-order valence-electron chi connectivity index (χ3n) is 2.67. The first-order valence-electron chi connectivity index (χ1n) is 5.41. The van der Waals surface area contributed by atoms with E-state index < -0.39 is 30.4 Å². The van der Waals surface area contributed by atoms with E-state index in [4.69, 9.17) is 10.2 Å². The van der Waals surface area contributed by atoms with Gasteiger partial charge in [-0.2, -0.15) is 0 Å². The van der Waals surface area contributed by atoms with Gasteiger partial charge in [-0.15, -0.1) is 0 Å². The fraction of sp³-hybridized carbons (Fsp3) is 0.700. The lowest BCUT2D eigenvalue weighted by Gasteiger charge is -2.16. The van der Waals surface area contributed by atoms with Crippen LogP contribution in [0.15, 0.2) is 0 Å². The van der Waals surface area contributed by atoms with Crippen LogP contribution in [0.1, 0.15) is 26.2 Å². The van der Waals surface area contributed by atoms with E-state index >= 15 is 0 Å². The maximum absolute atomic E-state index is 11.4. The number of urea groups is 1. The molecule has 0 aromatic rings. The Kier molecular flexibility index (Phi) is 4.30. The lowest BCUT2D eigenvalue weighted by Crippen LogP contribution is -2.49. The molecule has 1 fully saturated rings. The number of carbonyl (C=O) groups is 3. The van der Waals surface area contributed by atoms with Gasteiger partial charge in [0.05, 0.1) is 6.42 Å². The predicted molar refractivity (Wildman–Crippen MR) is 57.5 cm³/mol. The van der Waals surface area contributed by atoms with Crippen LogP contribution in [0.5, 0.6) is 0 Å². The van der Waals surface area contributed by atoms with Gasteiger partial charge in [0.2, 0.25) is 0 Å². The number of hydrogen-bond donors (Lipinski definition) is 4. The topological polar surface area (TPSA) is 116 Å². The fourth-order valence-electron chi connectivity index (χ4n) is 1.50. The monoisotopic (exact) mass is 244 g/mol. The SMILES string of the molecule is CC(NC(=O)N[C@@H](CC(=O)O)C(=O)O)C1CC1. The van der Waals surface area contributed by atoms with Gasteiger partial charge >= 0.3 is 18.0 Å². The highest BCUT2D eigenvalue weighted by molar-refractivity contribution is 5.86. The average Bonchev–Trinajstić information content (AvgIpc) is 2.98. The molecule has 0 spiro atoms. The van der Waals surface area contributed by atoms with E-state index in [9.17, 15) is 14.4 Å². The van der Waals surface area contributed by atoms with Crippen LogP contribution in [-0.4, -0.2) is 40.3 Å². The molecule has 7 heteroatoms. The quantitative estimate of drug-likeness (QED) is 0.525. The van der Waals surface area contributed by atoms with Gasteiger partial charge in [0.15, 0.2) is 0 Å². The number of carboxylic acid groups (broad SMARTS) is 2. The molecule has 1 unspecified atom stereocenters. The van der Waals surface area contributed by atoms with Gasteiger partial charge in [-0.3, -0.25) is 4.79 Å². The second-order valence-electron chi connectivity index (χ2n) is 4.23. The summed E-state index contributed by atoms with van der Waals surface area (Å²) in [5.41, 5.74) is 0. The number of nitrogens with one attached hydrogen (secondary N) is 2. The van der Waals surface area contributed by atoms with Crippen molar-refractivity contribution in [3.63, 3.8) is 0 Å². The molecular weight excluding hydrogens is 228 g/mol. The highest BCUT2D eigenvalue weighted by atomic mass is 16.4. The molecule has 0 aromatic carbocycles. The Hall–Kier alpha value is -1.79. The molecule has 17 heavy (non-hydrogen) atoms.